The summed E-state index contributed by atoms with van der Waals surface area (Å²) in [5.41, 5.74) is 3.23. The van der Waals surface area contributed by atoms with E-state index in [9.17, 15) is 9.59 Å². The van der Waals surface area contributed by atoms with Crippen LogP contribution in [0.1, 0.15) is 37.5 Å². The Morgan fingerprint density at radius 2 is 1.90 bits per heavy atom. The summed E-state index contributed by atoms with van der Waals surface area (Å²) in [6.07, 6.45) is 0.311. The smallest absolute Gasteiger partial charge is 0.325 e. The highest BCUT2D eigenvalue weighted by Crippen LogP contribution is 2.13. The standard InChI is InChI=1S/C17H25NO3/c1-6-21-17(20)11-18(12(2)3)16(19)10-15-9-13(4)7-8-14(15)5/h7-9,12H,6,10-11H2,1-5H3. The van der Waals surface area contributed by atoms with Crippen molar-refractivity contribution in [2.45, 2.75) is 47.1 Å². The quantitative estimate of drug-likeness (QED) is 0.757. The van der Waals surface area contributed by atoms with Crippen LogP contribution in [0.2, 0.25) is 0 Å². The number of hydrogen-bond acceptors (Lipinski definition) is 3. The van der Waals surface area contributed by atoms with E-state index in [4.69, 9.17) is 4.74 Å². The maximum absolute atomic E-state index is 12.5. The zero-order chi connectivity index (χ0) is 16.0. The van der Waals surface area contributed by atoms with Crippen LogP contribution in [-0.2, 0) is 20.7 Å². The summed E-state index contributed by atoms with van der Waals surface area (Å²) in [5, 5.41) is 0. The number of carbonyl (C=O) groups excluding carboxylic acids is 2. The van der Waals surface area contributed by atoms with Crippen LogP contribution in [0.3, 0.4) is 0 Å². The zero-order valence-corrected chi connectivity index (χ0v) is 13.6. The van der Waals surface area contributed by atoms with Crippen molar-refractivity contribution >= 4 is 11.9 Å². The largest absolute Gasteiger partial charge is 0.465 e. The Hall–Kier alpha value is -1.84. The molecule has 0 spiro atoms. The zero-order valence-electron chi connectivity index (χ0n) is 13.6. The minimum Gasteiger partial charge on any atom is -0.465 e. The monoisotopic (exact) mass is 291 g/mol. The van der Waals surface area contributed by atoms with Gasteiger partial charge in [-0.1, -0.05) is 23.8 Å². The van der Waals surface area contributed by atoms with Crippen molar-refractivity contribution in [2.75, 3.05) is 13.2 Å². The SMILES string of the molecule is CCOC(=O)CN(C(=O)Cc1cc(C)ccc1C)C(C)C. The van der Waals surface area contributed by atoms with Crippen LogP contribution in [0.25, 0.3) is 0 Å². The van der Waals surface area contributed by atoms with Gasteiger partial charge in [0, 0.05) is 6.04 Å². The van der Waals surface area contributed by atoms with E-state index in [0.717, 1.165) is 16.7 Å². The van der Waals surface area contributed by atoms with Gasteiger partial charge in [0.2, 0.25) is 5.91 Å². The van der Waals surface area contributed by atoms with Gasteiger partial charge in [0.15, 0.2) is 0 Å². The number of hydrogen-bond donors (Lipinski definition) is 0. The van der Waals surface area contributed by atoms with Gasteiger partial charge in [-0.2, -0.15) is 0 Å². The van der Waals surface area contributed by atoms with Crippen molar-refractivity contribution in [1.29, 1.82) is 0 Å². The molecule has 0 fully saturated rings. The maximum atomic E-state index is 12.5. The molecule has 1 rings (SSSR count). The number of benzene rings is 1. The van der Waals surface area contributed by atoms with E-state index in [2.05, 4.69) is 0 Å². The Morgan fingerprint density at radius 1 is 1.24 bits per heavy atom. The molecule has 0 aliphatic rings. The first-order valence-corrected chi connectivity index (χ1v) is 7.36. The summed E-state index contributed by atoms with van der Waals surface area (Å²) in [6, 6.07) is 6.04. The van der Waals surface area contributed by atoms with Crippen molar-refractivity contribution in [3.63, 3.8) is 0 Å². The lowest BCUT2D eigenvalue weighted by molar-refractivity contribution is -0.149. The highest BCUT2D eigenvalue weighted by Gasteiger charge is 2.21. The summed E-state index contributed by atoms with van der Waals surface area (Å²) in [5.74, 6) is -0.410. The average molecular weight is 291 g/mol. The van der Waals surface area contributed by atoms with Crippen molar-refractivity contribution in [2.24, 2.45) is 0 Å². The Balaban J connectivity index is 2.82. The normalized spacial score (nSPS) is 10.6. The molecule has 1 amide bonds. The van der Waals surface area contributed by atoms with Gasteiger partial charge in [-0.25, -0.2) is 0 Å². The van der Waals surface area contributed by atoms with Gasteiger partial charge in [0.1, 0.15) is 6.54 Å². The molecule has 4 nitrogen and oxygen atoms in total. The first-order valence-electron chi connectivity index (χ1n) is 7.36. The van der Waals surface area contributed by atoms with Gasteiger partial charge in [-0.15, -0.1) is 0 Å². The average Bonchev–Trinajstić information content (AvgIpc) is 2.40. The molecule has 0 atom stereocenters. The van der Waals surface area contributed by atoms with Crippen LogP contribution < -0.4 is 0 Å². The van der Waals surface area contributed by atoms with E-state index in [1.807, 2.05) is 45.9 Å². The fraction of sp³-hybridized carbons (Fsp3) is 0.529. The molecule has 4 heteroatoms. The lowest BCUT2D eigenvalue weighted by Gasteiger charge is -2.26. The fourth-order valence-electron chi connectivity index (χ4n) is 2.16. The topological polar surface area (TPSA) is 46.6 Å². The predicted molar refractivity (Wildman–Crippen MR) is 83.1 cm³/mol. The first kappa shape index (κ1) is 17.2. The van der Waals surface area contributed by atoms with Crippen molar-refractivity contribution < 1.29 is 14.3 Å². The molecule has 1 aromatic rings. The maximum Gasteiger partial charge on any atom is 0.325 e. The molecule has 0 heterocycles. The third kappa shape index (κ3) is 5.21. The van der Waals surface area contributed by atoms with Crippen molar-refractivity contribution in [1.82, 2.24) is 4.90 Å². The molecule has 116 valence electrons. The van der Waals surface area contributed by atoms with E-state index in [1.165, 1.54) is 0 Å². The van der Waals surface area contributed by atoms with Gasteiger partial charge in [-0.3, -0.25) is 9.59 Å². The summed E-state index contributed by atoms with van der Waals surface area (Å²) in [6.45, 7) is 9.90. The van der Waals surface area contributed by atoms with Crippen LogP contribution in [0.4, 0.5) is 0 Å². The Bertz CT molecular complexity index is 509. The van der Waals surface area contributed by atoms with Gasteiger partial charge >= 0.3 is 5.97 Å². The van der Waals surface area contributed by atoms with Crippen molar-refractivity contribution in [3.8, 4) is 0 Å². The van der Waals surface area contributed by atoms with E-state index in [1.54, 1.807) is 11.8 Å². The molecular formula is C17H25NO3. The minimum absolute atomic E-state index is 0.00913. The molecule has 0 aliphatic heterocycles. The number of amides is 1. The van der Waals surface area contributed by atoms with Crippen LogP contribution >= 0.6 is 0 Å². The number of carbonyl (C=O) groups is 2. The van der Waals surface area contributed by atoms with Crippen molar-refractivity contribution in [3.05, 3.63) is 34.9 Å². The second kappa shape index (κ2) is 7.81. The molecule has 21 heavy (non-hydrogen) atoms. The Labute approximate surface area is 127 Å². The number of aryl methyl sites for hydroxylation is 2. The second-order valence-corrected chi connectivity index (χ2v) is 5.53. The highest BCUT2D eigenvalue weighted by molar-refractivity contribution is 5.84. The van der Waals surface area contributed by atoms with Crippen LogP contribution in [-0.4, -0.2) is 36.0 Å². The van der Waals surface area contributed by atoms with Crippen LogP contribution in [0.15, 0.2) is 18.2 Å². The summed E-state index contributed by atoms with van der Waals surface area (Å²) >= 11 is 0. The number of esters is 1. The Kier molecular flexibility index (Phi) is 6.40. The lowest BCUT2D eigenvalue weighted by Crippen LogP contribution is -2.42. The van der Waals surface area contributed by atoms with E-state index in [-0.39, 0.29) is 24.5 Å². The van der Waals surface area contributed by atoms with Crippen LogP contribution in [0, 0.1) is 13.8 Å². The summed E-state index contributed by atoms with van der Waals surface area (Å²) in [7, 11) is 0. The first-order chi connectivity index (χ1) is 9.85. The van der Waals surface area contributed by atoms with Gasteiger partial charge in [0.25, 0.3) is 0 Å². The van der Waals surface area contributed by atoms with E-state index < -0.39 is 0 Å². The third-order valence-corrected chi connectivity index (χ3v) is 3.39. The minimum atomic E-state index is -0.361. The molecule has 0 radical (unpaired) electrons. The Morgan fingerprint density at radius 3 is 2.48 bits per heavy atom. The predicted octanol–water partition coefficient (Wildman–Crippen LogP) is 2.65. The highest BCUT2D eigenvalue weighted by atomic mass is 16.5. The fourth-order valence-corrected chi connectivity index (χ4v) is 2.16. The number of ether oxygens (including phenoxy) is 1. The molecule has 1 aromatic carbocycles. The molecule has 0 saturated carbocycles. The van der Waals surface area contributed by atoms with Gasteiger partial charge in [0.05, 0.1) is 13.0 Å². The third-order valence-electron chi connectivity index (χ3n) is 3.39. The molecular weight excluding hydrogens is 266 g/mol. The summed E-state index contributed by atoms with van der Waals surface area (Å²) in [4.78, 5) is 25.7. The number of nitrogens with zero attached hydrogens (tertiary/aromatic N) is 1. The molecule has 0 saturated heterocycles. The molecule has 0 bridgehead atoms. The molecule has 0 N–H and O–H groups in total. The summed E-state index contributed by atoms with van der Waals surface area (Å²) < 4.78 is 4.93. The van der Waals surface area contributed by atoms with Gasteiger partial charge in [-0.05, 0) is 45.7 Å². The number of rotatable bonds is 6. The molecule has 0 unspecified atom stereocenters. The van der Waals surface area contributed by atoms with E-state index >= 15 is 0 Å². The second-order valence-electron chi connectivity index (χ2n) is 5.53. The molecule has 0 aromatic heterocycles. The lowest BCUT2D eigenvalue weighted by atomic mass is 10.0. The van der Waals surface area contributed by atoms with E-state index in [0.29, 0.717) is 13.0 Å². The van der Waals surface area contributed by atoms with Gasteiger partial charge < -0.3 is 9.64 Å². The van der Waals surface area contributed by atoms with Crippen LogP contribution in [0.5, 0.6) is 0 Å². The molecule has 0 aliphatic carbocycles.